The molecular weight excluding hydrogens is 418 g/mol. The predicted molar refractivity (Wildman–Crippen MR) is 126 cm³/mol. The number of ether oxygens (including phenoxy) is 1. The number of carbonyl (C=O) groups excluding carboxylic acids is 3. The molecule has 2 heterocycles. The number of hydrogen-bond acceptors (Lipinski definition) is 4. The minimum atomic E-state index is -0.00261. The number of nitrogens with zero attached hydrogens (tertiary/aromatic N) is 2. The average molecular weight is 450 g/mol. The Morgan fingerprint density at radius 1 is 1.03 bits per heavy atom. The van der Waals surface area contributed by atoms with Gasteiger partial charge >= 0.3 is 0 Å². The number of para-hydroxylation sites is 1. The van der Waals surface area contributed by atoms with Crippen LogP contribution >= 0.6 is 0 Å². The van der Waals surface area contributed by atoms with Gasteiger partial charge in [0.2, 0.25) is 11.8 Å². The van der Waals surface area contributed by atoms with Gasteiger partial charge in [-0.15, -0.1) is 0 Å². The average Bonchev–Trinajstić information content (AvgIpc) is 2.86. The van der Waals surface area contributed by atoms with E-state index in [4.69, 9.17) is 4.74 Å². The molecule has 7 nitrogen and oxygen atoms in total. The molecule has 3 amide bonds. The van der Waals surface area contributed by atoms with E-state index in [0.29, 0.717) is 50.3 Å². The number of anilines is 1. The fourth-order valence-corrected chi connectivity index (χ4v) is 4.61. The number of amides is 3. The van der Waals surface area contributed by atoms with Crippen LogP contribution in [0.1, 0.15) is 48.0 Å². The SMILES string of the molecule is CNC(=O)CCCOc1ccc(C(=O)N2CCC(N3C(=O)CCc4ccccc43)CC2)cc1. The maximum absolute atomic E-state index is 13.0. The van der Waals surface area contributed by atoms with Crippen LogP contribution < -0.4 is 15.0 Å². The third-order valence-electron chi connectivity index (χ3n) is 6.44. The largest absolute Gasteiger partial charge is 0.494 e. The molecule has 2 aliphatic heterocycles. The summed E-state index contributed by atoms with van der Waals surface area (Å²) in [6.07, 6.45) is 3.97. The predicted octanol–water partition coefficient (Wildman–Crippen LogP) is 3.18. The number of likely N-dealkylation sites (tertiary alicyclic amines) is 1. The highest BCUT2D eigenvalue weighted by molar-refractivity contribution is 5.97. The van der Waals surface area contributed by atoms with E-state index in [2.05, 4.69) is 11.4 Å². The van der Waals surface area contributed by atoms with E-state index >= 15 is 0 Å². The topological polar surface area (TPSA) is 79.0 Å². The van der Waals surface area contributed by atoms with E-state index in [9.17, 15) is 14.4 Å². The molecule has 0 spiro atoms. The standard InChI is InChI=1S/C26H31N3O4/c1-27-24(30)7-4-18-33-22-11-8-20(9-12-22)26(32)28-16-14-21(15-17-28)29-23-6-3-2-5-19(23)10-13-25(29)31/h2-3,5-6,8-9,11-12,21H,4,7,10,13-18H2,1H3,(H,27,30). The van der Waals surface area contributed by atoms with Gasteiger partial charge in [0.05, 0.1) is 6.61 Å². The summed E-state index contributed by atoms with van der Waals surface area (Å²) in [6.45, 7) is 1.72. The van der Waals surface area contributed by atoms with Crippen LogP contribution in [0.25, 0.3) is 0 Å². The van der Waals surface area contributed by atoms with Crippen molar-refractivity contribution >= 4 is 23.4 Å². The van der Waals surface area contributed by atoms with Gasteiger partial charge in [0.1, 0.15) is 5.75 Å². The zero-order valence-corrected chi connectivity index (χ0v) is 19.1. The summed E-state index contributed by atoms with van der Waals surface area (Å²) in [5, 5.41) is 2.59. The Kier molecular flexibility index (Phi) is 7.27. The molecule has 33 heavy (non-hydrogen) atoms. The van der Waals surface area contributed by atoms with E-state index < -0.39 is 0 Å². The molecule has 0 aromatic heterocycles. The third-order valence-corrected chi connectivity index (χ3v) is 6.44. The van der Waals surface area contributed by atoms with E-state index in [1.165, 1.54) is 5.56 Å². The summed E-state index contributed by atoms with van der Waals surface area (Å²) < 4.78 is 5.66. The number of fused-ring (bicyclic) bond motifs is 1. The summed E-state index contributed by atoms with van der Waals surface area (Å²) in [7, 11) is 1.62. The van der Waals surface area contributed by atoms with Gasteiger partial charge in [0.25, 0.3) is 5.91 Å². The van der Waals surface area contributed by atoms with Crippen molar-refractivity contribution in [2.45, 2.75) is 44.6 Å². The van der Waals surface area contributed by atoms with Crippen molar-refractivity contribution in [2.24, 2.45) is 0 Å². The number of hydrogen-bond donors (Lipinski definition) is 1. The van der Waals surface area contributed by atoms with Crippen molar-refractivity contribution < 1.29 is 19.1 Å². The second-order valence-electron chi connectivity index (χ2n) is 8.57. The first-order valence-electron chi connectivity index (χ1n) is 11.7. The molecule has 0 atom stereocenters. The molecule has 7 heteroatoms. The molecule has 0 bridgehead atoms. The van der Waals surface area contributed by atoms with Gasteiger partial charge in [0, 0.05) is 50.3 Å². The molecule has 4 rings (SSSR count). The molecule has 2 aromatic rings. The van der Waals surface area contributed by atoms with Gasteiger partial charge in [-0.1, -0.05) is 18.2 Å². The Hall–Kier alpha value is -3.35. The Balaban J connectivity index is 1.30. The highest BCUT2D eigenvalue weighted by Gasteiger charge is 2.33. The van der Waals surface area contributed by atoms with Crippen LogP contribution in [0.15, 0.2) is 48.5 Å². The van der Waals surface area contributed by atoms with Gasteiger partial charge in [-0.3, -0.25) is 14.4 Å². The monoisotopic (exact) mass is 449 g/mol. The van der Waals surface area contributed by atoms with Crippen molar-refractivity contribution in [2.75, 3.05) is 31.6 Å². The first kappa shape index (κ1) is 22.8. The molecule has 2 aromatic carbocycles. The first-order valence-corrected chi connectivity index (χ1v) is 11.7. The molecule has 2 aliphatic rings. The number of piperidine rings is 1. The van der Waals surface area contributed by atoms with Crippen LogP contribution in [0.3, 0.4) is 0 Å². The number of rotatable bonds is 7. The molecule has 0 aliphatic carbocycles. The number of benzene rings is 2. The summed E-state index contributed by atoms with van der Waals surface area (Å²) in [6, 6.07) is 15.4. The summed E-state index contributed by atoms with van der Waals surface area (Å²) >= 11 is 0. The van der Waals surface area contributed by atoms with Gasteiger partial charge in [-0.25, -0.2) is 0 Å². The van der Waals surface area contributed by atoms with Gasteiger partial charge < -0.3 is 19.9 Å². The number of nitrogens with one attached hydrogen (secondary N) is 1. The van der Waals surface area contributed by atoms with Crippen molar-refractivity contribution in [1.82, 2.24) is 10.2 Å². The Morgan fingerprint density at radius 2 is 1.76 bits per heavy atom. The maximum atomic E-state index is 13.0. The van der Waals surface area contributed by atoms with Crippen molar-refractivity contribution in [3.05, 3.63) is 59.7 Å². The molecule has 0 saturated carbocycles. The van der Waals surface area contributed by atoms with Gasteiger partial charge in [-0.2, -0.15) is 0 Å². The zero-order valence-electron chi connectivity index (χ0n) is 19.1. The lowest BCUT2D eigenvalue weighted by Gasteiger charge is -2.41. The molecule has 1 N–H and O–H groups in total. The van der Waals surface area contributed by atoms with Crippen LogP contribution in [0.5, 0.6) is 5.75 Å². The Morgan fingerprint density at radius 3 is 2.48 bits per heavy atom. The Bertz CT molecular complexity index is 997. The van der Waals surface area contributed by atoms with Crippen molar-refractivity contribution in [3.8, 4) is 5.75 Å². The summed E-state index contributed by atoms with van der Waals surface area (Å²) in [5.74, 6) is 0.871. The molecule has 1 fully saturated rings. The first-order chi connectivity index (χ1) is 16.1. The quantitative estimate of drug-likeness (QED) is 0.659. The third kappa shape index (κ3) is 5.35. The molecule has 174 valence electrons. The normalized spacial score (nSPS) is 16.3. The van der Waals surface area contributed by atoms with Crippen molar-refractivity contribution in [3.63, 3.8) is 0 Å². The smallest absolute Gasteiger partial charge is 0.253 e. The van der Waals surface area contributed by atoms with Crippen molar-refractivity contribution in [1.29, 1.82) is 0 Å². The second-order valence-corrected chi connectivity index (χ2v) is 8.57. The maximum Gasteiger partial charge on any atom is 0.253 e. The highest BCUT2D eigenvalue weighted by Crippen LogP contribution is 2.32. The van der Waals surface area contributed by atoms with E-state index in [0.717, 1.165) is 24.9 Å². The fourth-order valence-electron chi connectivity index (χ4n) is 4.61. The summed E-state index contributed by atoms with van der Waals surface area (Å²) in [5.41, 5.74) is 2.89. The van der Waals surface area contributed by atoms with Crippen LogP contribution in [0, 0.1) is 0 Å². The second kappa shape index (κ2) is 10.5. The number of aryl methyl sites for hydroxylation is 1. The van der Waals surface area contributed by atoms with E-state index in [-0.39, 0.29) is 23.8 Å². The zero-order chi connectivity index (χ0) is 23.2. The number of carbonyl (C=O) groups is 3. The molecule has 0 radical (unpaired) electrons. The molecule has 1 saturated heterocycles. The lowest BCUT2D eigenvalue weighted by Crippen LogP contribution is -2.50. The lowest BCUT2D eigenvalue weighted by atomic mass is 9.95. The van der Waals surface area contributed by atoms with Crippen LogP contribution in [-0.2, 0) is 16.0 Å². The highest BCUT2D eigenvalue weighted by atomic mass is 16.5. The van der Waals surface area contributed by atoms with Crippen LogP contribution in [-0.4, -0.2) is 55.4 Å². The Labute approximate surface area is 194 Å². The fraction of sp³-hybridized carbons (Fsp3) is 0.423. The van der Waals surface area contributed by atoms with Gasteiger partial charge in [-0.05, 0) is 61.6 Å². The van der Waals surface area contributed by atoms with Gasteiger partial charge in [0.15, 0.2) is 0 Å². The summed E-state index contributed by atoms with van der Waals surface area (Å²) in [4.78, 5) is 40.8. The van der Waals surface area contributed by atoms with E-state index in [1.54, 1.807) is 31.3 Å². The van der Waals surface area contributed by atoms with Crippen LogP contribution in [0.2, 0.25) is 0 Å². The molecule has 0 unspecified atom stereocenters. The molecular formula is C26H31N3O4. The lowest BCUT2D eigenvalue weighted by molar-refractivity contribution is -0.121. The van der Waals surface area contributed by atoms with Crippen LogP contribution in [0.4, 0.5) is 5.69 Å². The minimum Gasteiger partial charge on any atom is -0.494 e. The van der Waals surface area contributed by atoms with E-state index in [1.807, 2.05) is 28.0 Å². The minimum absolute atomic E-state index is 0.00261.